The zero-order valence-electron chi connectivity index (χ0n) is 9.04. The largest absolute Gasteiger partial charge is 0.367 e. The van der Waals surface area contributed by atoms with Crippen molar-refractivity contribution < 1.29 is 4.79 Å². The predicted molar refractivity (Wildman–Crippen MR) is 71.5 cm³/mol. The first-order valence-corrected chi connectivity index (χ1v) is 5.77. The Labute approximate surface area is 113 Å². The maximum Gasteiger partial charge on any atom is 0.261 e. The quantitative estimate of drug-likeness (QED) is 0.890. The van der Waals surface area contributed by atoms with Gasteiger partial charge < -0.3 is 10.3 Å². The van der Waals surface area contributed by atoms with E-state index in [-0.39, 0.29) is 16.0 Å². The Morgan fingerprint density at radius 3 is 2.72 bits per heavy atom. The van der Waals surface area contributed by atoms with Gasteiger partial charge >= 0.3 is 0 Å². The normalized spacial score (nSPS) is 10.1. The molecule has 0 radical (unpaired) electrons. The van der Waals surface area contributed by atoms with E-state index < -0.39 is 5.91 Å². The lowest BCUT2D eigenvalue weighted by Crippen LogP contribution is -2.21. The number of anilines is 1. The molecule has 0 spiro atoms. The molecule has 1 aromatic carbocycles. The van der Waals surface area contributed by atoms with E-state index in [1.807, 2.05) is 0 Å². The number of carbonyl (C=O) groups is 1. The number of amides is 1. The summed E-state index contributed by atoms with van der Waals surface area (Å²) in [6.07, 6.45) is 2.78. The van der Waals surface area contributed by atoms with Crippen molar-refractivity contribution in [2.24, 2.45) is 0 Å². The zero-order valence-corrected chi connectivity index (χ0v) is 10.5. The highest BCUT2D eigenvalue weighted by Crippen LogP contribution is 2.29. The average molecular weight is 283 g/mol. The molecule has 0 saturated carbocycles. The van der Waals surface area contributed by atoms with Gasteiger partial charge in [0.25, 0.3) is 5.91 Å². The van der Waals surface area contributed by atoms with Gasteiger partial charge in [-0.15, -0.1) is 0 Å². The standard InChI is InChI=1S/C12H8Cl2N2O2/c13-8-2-1-3-9(11(8)14)16-12(18)7-6-15-5-4-10(7)17/h1-6H,(H,15,17)(H,16,18). The highest BCUT2D eigenvalue weighted by Gasteiger charge is 2.12. The summed E-state index contributed by atoms with van der Waals surface area (Å²) >= 11 is 11.8. The van der Waals surface area contributed by atoms with E-state index >= 15 is 0 Å². The van der Waals surface area contributed by atoms with Crippen molar-refractivity contribution >= 4 is 34.8 Å². The number of aromatic amines is 1. The van der Waals surface area contributed by atoms with Gasteiger partial charge in [-0.1, -0.05) is 29.3 Å². The van der Waals surface area contributed by atoms with E-state index in [1.54, 1.807) is 18.2 Å². The molecular weight excluding hydrogens is 275 g/mol. The minimum absolute atomic E-state index is 0.00791. The van der Waals surface area contributed by atoms with Crippen LogP contribution in [0.5, 0.6) is 0 Å². The van der Waals surface area contributed by atoms with Gasteiger partial charge in [0.05, 0.1) is 15.7 Å². The monoisotopic (exact) mass is 282 g/mol. The molecule has 0 aliphatic carbocycles. The highest BCUT2D eigenvalue weighted by molar-refractivity contribution is 6.44. The van der Waals surface area contributed by atoms with Crippen LogP contribution in [0.15, 0.2) is 41.5 Å². The molecule has 0 fully saturated rings. The second kappa shape index (κ2) is 5.25. The van der Waals surface area contributed by atoms with Gasteiger partial charge in [-0.05, 0) is 12.1 Å². The molecule has 6 heteroatoms. The third-order valence-electron chi connectivity index (χ3n) is 2.27. The summed E-state index contributed by atoms with van der Waals surface area (Å²) in [6, 6.07) is 6.13. The van der Waals surface area contributed by atoms with Gasteiger partial charge in [-0.3, -0.25) is 9.59 Å². The van der Waals surface area contributed by atoms with Crippen LogP contribution in [0, 0.1) is 0 Å². The zero-order chi connectivity index (χ0) is 13.1. The average Bonchev–Trinajstić information content (AvgIpc) is 2.35. The van der Waals surface area contributed by atoms with E-state index in [0.717, 1.165) is 0 Å². The molecule has 92 valence electrons. The number of aromatic nitrogens is 1. The molecule has 0 aliphatic rings. The smallest absolute Gasteiger partial charge is 0.261 e. The SMILES string of the molecule is O=C(Nc1cccc(Cl)c1Cl)c1c[nH]ccc1=O. The first kappa shape index (κ1) is 12.7. The lowest BCUT2D eigenvalue weighted by molar-refractivity contribution is 0.102. The number of halogens is 2. The predicted octanol–water partition coefficient (Wildman–Crippen LogP) is 2.93. The van der Waals surface area contributed by atoms with E-state index in [2.05, 4.69) is 10.3 Å². The van der Waals surface area contributed by atoms with Crippen molar-refractivity contribution in [3.05, 3.63) is 62.5 Å². The molecule has 0 aliphatic heterocycles. The molecule has 1 heterocycles. The van der Waals surface area contributed by atoms with Gasteiger partial charge in [-0.25, -0.2) is 0 Å². The number of H-pyrrole nitrogens is 1. The Morgan fingerprint density at radius 1 is 1.22 bits per heavy atom. The van der Waals surface area contributed by atoms with Crippen LogP contribution in [0.25, 0.3) is 0 Å². The summed E-state index contributed by atoms with van der Waals surface area (Å²) < 4.78 is 0. The fourth-order valence-electron chi connectivity index (χ4n) is 1.38. The molecule has 1 amide bonds. The molecule has 0 unspecified atom stereocenters. The first-order valence-electron chi connectivity index (χ1n) is 5.02. The molecule has 2 rings (SSSR count). The van der Waals surface area contributed by atoms with Crippen molar-refractivity contribution in [2.45, 2.75) is 0 Å². The lowest BCUT2D eigenvalue weighted by Gasteiger charge is -2.07. The van der Waals surface area contributed by atoms with Crippen LogP contribution >= 0.6 is 23.2 Å². The Hall–Kier alpha value is -1.78. The topological polar surface area (TPSA) is 62.0 Å². The van der Waals surface area contributed by atoms with Crippen LogP contribution in [0.1, 0.15) is 10.4 Å². The number of pyridine rings is 1. The number of benzene rings is 1. The molecule has 2 N–H and O–H groups in total. The molecule has 0 bridgehead atoms. The summed E-state index contributed by atoms with van der Waals surface area (Å²) in [4.78, 5) is 26.0. The number of hydrogen-bond donors (Lipinski definition) is 2. The van der Waals surface area contributed by atoms with Crippen molar-refractivity contribution in [3.8, 4) is 0 Å². The molecular formula is C12H8Cl2N2O2. The van der Waals surface area contributed by atoms with E-state index in [0.29, 0.717) is 10.7 Å². The second-order valence-corrected chi connectivity index (χ2v) is 4.26. The van der Waals surface area contributed by atoms with Crippen LogP contribution in [0.3, 0.4) is 0 Å². The summed E-state index contributed by atoms with van der Waals surface area (Å²) in [5, 5.41) is 3.10. The van der Waals surface area contributed by atoms with Crippen LogP contribution in [-0.2, 0) is 0 Å². The molecule has 1 aromatic heterocycles. The lowest BCUT2D eigenvalue weighted by atomic mass is 10.2. The Kier molecular flexibility index (Phi) is 3.69. The molecule has 0 atom stereocenters. The van der Waals surface area contributed by atoms with Gasteiger partial charge in [0.15, 0.2) is 5.43 Å². The Balaban J connectivity index is 2.30. The van der Waals surface area contributed by atoms with Crippen LogP contribution in [0.2, 0.25) is 10.0 Å². The van der Waals surface area contributed by atoms with Crippen LogP contribution < -0.4 is 10.7 Å². The van der Waals surface area contributed by atoms with Crippen LogP contribution in [0.4, 0.5) is 5.69 Å². The molecule has 2 aromatic rings. The van der Waals surface area contributed by atoms with E-state index in [4.69, 9.17) is 23.2 Å². The number of hydrogen-bond acceptors (Lipinski definition) is 2. The molecule has 4 nitrogen and oxygen atoms in total. The van der Waals surface area contributed by atoms with Crippen molar-refractivity contribution in [3.63, 3.8) is 0 Å². The van der Waals surface area contributed by atoms with Crippen molar-refractivity contribution in [1.82, 2.24) is 4.98 Å². The summed E-state index contributed by atoms with van der Waals surface area (Å²) in [5.41, 5.74) is -0.00429. The Bertz CT molecular complexity index is 653. The summed E-state index contributed by atoms with van der Waals surface area (Å²) in [5.74, 6) is -0.541. The van der Waals surface area contributed by atoms with Crippen molar-refractivity contribution in [1.29, 1.82) is 0 Å². The third kappa shape index (κ3) is 2.55. The minimum Gasteiger partial charge on any atom is -0.367 e. The van der Waals surface area contributed by atoms with Gasteiger partial charge in [-0.2, -0.15) is 0 Å². The van der Waals surface area contributed by atoms with E-state index in [1.165, 1.54) is 18.5 Å². The van der Waals surface area contributed by atoms with Gasteiger partial charge in [0.1, 0.15) is 5.56 Å². The van der Waals surface area contributed by atoms with Crippen molar-refractivity contribution in [2.75, 3.05) is 5.32 Å². The number of rotatable bonds is 2. The first-order chi connectivity index (χ1) is 8.59. The van der Waals surface area contributed by atoms with Crippen LogP contribution in [-0.4, -0.2) is 10.9 Å². The summed E-state index contributed by atoms with van der Waals surface area (Å²) in [7, 11) is 0. The fourth-order valence-corrected chi connectivity index (χ4v) is 1.73. The highest BCUT2D eigenvalue weighted by atomic mass is 35.5. The Morgan fingerprint density at radius 2 is 2.00 bits per heavy atom. The number of carbonyl (C=O) groups excluding carboxylic acids is 1. The number of nitrogens with one attached hydrogen (secondary N) is 2. The maximum atomic E-state index is 11.9. The molecule has 0 saturated heterocycles. The van der Waals surface area contributed by atoms with E-state index in [9.17, 15) is 9.59 Å². The van der Waals surface area contributed by atoms with Gasteiger partial charge in [0, 0.05) is 18.5 Å². The fraction of sp³-hybridized carbons (Fsp3) is 0. The maximum absolute atomic E-state index is 11.9. The third-order valence-corrected chi connectivity index (χ3v) is 3.09. The molecule has 18 heavy (non-hydrogen) atoms. The van der Waals surface area contributed by atoms with Gasteiger partial charge in [0.2, 0.25) is 0 Å². The second-order valence-electron chi connectivity index (χ2n) is 3.48. The minimum atomic E-state index is -0.541. The summed E-state index contributed by atoms with van der Waals surface area (Å²) in [6.45, 7) is 0.